The summed E-state index contributed by atoms with van der Waals surface area (Å²) in [7, 11) is -3.95. The first-order valence-electron chi connectivity index (χ1n) is 9.52. The van der Waals surface area contributed by atoms with E-state index in [9.17, 15) is 22.8 Å². The molecule has 0 radical (unpaired) electrons. The molecule has 0 aromatic heterocycles. The number of ether oxygens (including phenoxy) is 1. The molecule has 29 heavy (non-hydrogen) atoms. The molecule has 1 aliphatic heterocycles. The van der Waals surface area contributed by atoms with Gasteiger partial charge >= 0.3 is 0 Å². The minimum atomic E-state index is -3.95. The summed E-state index contributed by atoms with van der Waals surface area (Å²) in [6.45, 7) is 4.22. The Balaban J connectivity index is 2.17. The van der Waals surface area contributed by atoms with Crippen LogP contribution in [-0.2, 0) is 29.1 Å². The number of benzene rings is 1. The molecular weight excluding hydrogens is 398 g/mol. The molecule has 0 aliphatic carbocycles. The number of carbonyl (C=O) groups excluding carboxylic acids is 3. The topological polar surface area (TPSA) is 131 Å². The quantitative estimate of drug-likeness (QED) is 0.539. The molecule has 9 nitrogen and oxygen atoms in total. The number of hydrogen-bond acceptors (Lipinski definition) is 6. The van der Waals surface area contributed by atoms with Crippen LogP contribution in [0.2, 0.25) is 0 Å². The van der Waals surface area contributed by atoms with Gasteiger partial charge < -0.3 is 15.4 Å². The average molecular weight is 426 g/mol. The second-order valence-electron chi connectivity index (χ2n) is 7.20. The monoisotopic (exact) mass is 425 g/mol. The Morgan fingerprint density at radius 2 is 1.90 bits per heavy atom. The Hall–Kier alpha value is -2.30. The van der Waals surface area contributed by atoms with Crippen molar-refractivity contribution in [2.75, 3.05) is 13.2 Å². The fourth-order valence-electron chi connectivity index (χ4n) is 2.78. The predicted octanol–water partition coefficient (Wildman–Crippen LogP) is 0.318. The van der Waals surface area contributed by atoms with E-state index in [1.54, 1.807) is 18.2 Å². The number of sulfonamides is 1. The molecule has 3 N–H and O–H groups in total. The lowest BCUT2D eigenvalue weighted by atomic mass is 10.0. The minimum absolute atomic E-state index is 0.00956. The van der Waals surface area contributed by atoms with E-state index in [2.05, 4.69) is 15.4 Å². The second-order valence-corrected chi connectivity index (χ2v) is 8.92. The molecule has 1 saturated heterocycles. The molecule has 0 spiro atoms. The van der Waals surface area contributed by atoms with Crippen LogP contribution in [0.1, 0.15) is 33.1 Å². The van der Waals surface area contributed by atoms with E-state index in [0.29, 0.717) is 19.4 Å². The summed E-state index contributed by atoms with van der Waals surface area (Å²) < 4.78 is 33.0. The Kier molecular flexibility index (Phi) is 8.30. The third-order valence-electron chi connectivity index (χ3n) is 4.25. The number of hydrogen-bond donors (Lipinski definition) is 3. The second kappa shape index (κ2) is 10.5. The van der Waals surface area contributed by atoms with Gasteiger partial charge in [-0.3, -0.25) is 14.4 Å². The highest BCUT2D eigenvalue weighted by Crippen LogP contribution is 2.12. The third kappa shape index (κ3) is 6.91. The van der Waals surface area contributed by atoms with Crippen molar-refractivity contribution in [3.05, 3.63) is 30.3 Å². The van der Waals surface area contributed by atoms with Crippen molar-refractivity contribution in [2.45, 2.75) is 50.3 Å². The zero-order valence-electron chi connectivity index (χ0n) is 16.5. The van der Waals surface area contributed by atoms with E-state index < -0.39 is 39.9 Å². The Morgan fingerprint density at radius 3 is 2.55 bits per heavy atom. The first-order chi connectivity index (χ1) is 13.7. The normalized spacial score (nSPS) is 19.6. The molecule has 1 aromatic rings. The molecule has 1 heterocycles. The van der Waals surface area contributed by atoms with Crippen molar-refractivity contribution in [3.8, 4) is 0 Å². The fourth-order valence-corrected chi connectivity index (χ4v) is 4.01. The molecule has 1 aromatic carbocycles. The van der Waals surface area contributed by atoms with Crippen LogP contribution in [0.25, 0.3) is 0 Å². The lowest BCUT2D eigenvalue weighted by Gasteiger charge is -2.23. The largest absolute Gasteiger partial charge is 0.351 e. The molecular formula is C19H27N3O6S. The molecule has 10 heteroatoms. The van der Waals surface area contributed by atoms with Gasteiger partial charge in [-0.1, -0.05) is 32.0 Å². The molecule has 2 unspecified atom stereocenters. The van der Waals surface area contributed by atoms with E-state index in [0.717, 1.165) is 0 Å². The van der Waals surface area contributed by atoms with E-state index in [-0.39, 0.29) is 23.8 Å². The lowest BCUT2D eigenvalue weighted by molar-refractivity contribution is -0.148. The molecule has 160 valence electrons. The molecule has 2 amide bonds. The summed E-state index contributed by atoms with van der Waals surface area (Å²) in [4.78, 5) is 36.9. The van der Waals surface area contributed by atoms with Gasteiger partial charge in [0.1, 0.15) is 6.04 Å². The highest BCUT2D eigenvalue weighted by molar-refractivity contribution is 7.89. The first-order valence-corrected chi connectivity index (χ1v) is 11.0. The van der Waals surface area contributed by atoms with Crippen LogP contribution < -0.4 is 15.4 Å². The maximum atomic E-state index is 12.8. The van der Waals surface area contributed by atoms with E-state index in [1.807, 2.05) is 13.8 Å². The van der Waals surface area contributed by atoms with Crippen molar-refractivity contribution in [1.82, 2.24) is 15.4 Å². The van der Waals surface area contributed by atoms with Gasteiger partial charge in [0.25, 0.3) is 11.7 Å². The summed E-state index contributed by atoms with van der Waals surface area (Å²) >= 11 is 0. The molecule has 1 aliphatic rings. The smallest absolute Gasteiger partial charge is 0.292 e. The van der Waals surface area contributed by atoms with Gasteiger partial charge in [0.05, 0.1) is 4.90 Å². The van der Waals surface area contributed by atoms with Crippen LogP contribution in [0.3, 0.4) is 0 Å². The van der Waals surface area contributed by atoms with Gasteiger partial charge in [-0.2, -0.15) is 4.72 Å². The number of amides is 2. The molecule has 0 saturated carbocycles. The maximum Gasteiger partial charge on any atom is 0.292 e. The van der Waals surface area contributed by atoms with Gasteiger partial charge in [-0.05, 0) is 37.3 Å². The standard InChI is InChI=1S/C19H27N3O6S/c1-13(2)12-15(22-29(26,27)14-8-4-3-5-9-14)17(24)21-19-16(23)18(25)20-10-6-7-11-28-19/h3-5,8-9,13,15,19,22H,6-7,10-12H2,1-2H3,(H,20,25)(H,21,24). The van der Waals surface area contributed by atoms with Crippen LogP contribution >= 0.6 is 0 Å². The number of nitrogens with one attached hydrogen (secondary N) is 3. The summed E-state index contributed by atoms with van der Waals surface area (Å²) in [5.74, 6) is -2.51. The Bertz CT molecular complexity index is 826. The first kappa shape index (κ1) is 23.0. The van der Waals surface area contributed by atoms with Gasteiger partial charge in [-0.25, -0.2) is 8.42 Å². The van der Waals surface area contributed by atoms with Crippen molar-refractivity contribution >= 4 is 27.6 Å². The van der Waals surface area contributed by atoms with E-state index in [1.165, 1.54) is 12.1 Å². The molecule has 0 bridgehead atoms. The summed E-state index contributed by atoms with van der Waals surface area (Å²) in [6, 6.07) is 6.54. The van der Waals surface area contributed by atoms with Gasteiger partial charge in [0.2, 0.25) is 15.9 Å². The van der Waals surface area contributed by atoms with Crippen LogP contribution in [0.5, 0.6) is 0 Å². The highest BCUT2D eigenvalue weighted by Gasteiger charge is 2.33. The van der Waals surface area contributed by atoms with E-state index in [4.69, 9.17) is 4.74 Å². The van der Waals surface area contributed by atoms with Crippen LogP contribution in [0.4, 0.5) is 0 Å². The van der Waals surface area contributed by atoms with Gasteiger partial charge in [-0.15, -0.1) is 0 Å². The van der Waals surface area contributed by atoms with Crippen molar-refractivity contribution in [1.29, 1.82) is 0 Å². The molecule has 2 rings (SSSR count). The summed E-state index contributed by atoms with van der Waals surface area (Å²) in [6.07, 6.45) is -0.00967. The lowest BCUT2D eigenvalue weighted by Crippen LogP contribution is -2.54. The average Bonchev–Trinajstić information content (AvgIpc) is 2.74. The van der Waals surface area contributed by atoms with Crippen molar-refractivity contribution in [3.63, 3.8) is 0 Å². The zero-order valence-corrected chi connectivity index (χ0v) is 17.3. The third-order valence-corrected chi connectivity index (χ3v) is 5.74. The Labute approximate surface area is 170 Å². The minimum Gasteiger partial charge on any atom is -0.351 e. The number of ketones is 1. The van der Waals surface area contributed by atoms with Crippen LogP contribution in [0.15, 0.2) is 35.2 Å². The Morgan fingerprint density at radius 1 is 1.21 bits per heavy atom. The van der Waals surface area contributed by atoms with Gasteiger partial charge in [0, 0.05) is 13.2 Å². The SMILES string of the molecule is CC(C)CC(NS(=O)(=O)c1ccccc1)C(=O)NC1OCCCCNC(=O)C1=O. The van der Waals surface area contributed by atoms with Crippen molar-refractivity contribution in [2.24, 2.45) is 5.92 Å². The molecule has 2 atom stereocenters. The summed E-state index contributed by atoms with van der Waals surface area (Å²) in [5.41, 5.74) is 0. The summed E-state index contributed by atoms with van der Waals surface area (Å²) in [5, 5.41) is 4.84. The van der Waals surface area contributed by atoms with Crippen LogP contribution in [-0.4, -0.2) is 51.4 Å². The van der Waals surface area contributed by atoms with Gasteiger partial charge in [0.15, 0.2) is 6.23 Å². The van der Waals surface area contributed by atoms with E-state index >= 15 is 0 Å². The fraction of sp³-hybridized carbons (Fsp3) is 0.526. The van der Waals surface area contributed by atoms with Crippen molar-refractivity contribution < 1.29 is 27.5 Å². The maximum absolute atomic E-state index is 12.8. The number of carbonyl (C=O) groups is 3. The van der Waals surface area contributed by atoms with Crippen LogP contribution in [0, 0.1) is 5.92 Å². The zero-order chi connectivity index (χ0) is 21.4. The number of rotatable bonds is 7. The predicted molar refractivity (Wildman–Crippen MR) is 105 cm³/mol. The molecule has 1 fully saturated rings. The highest BCUT2D eigenvalue weighted by atomic mass is 32.2. The number of Topliss-reactive ketones (excluding diaryl/α,β-unsaturated/α-hetero) is 1.